The molecule has 1 aromatic carbocycles. The van der Waals surface area contributed by atoms with E-state index < -0.39 is 6.04 Å². The van der Waals surface area contributed by atoms with E-state index in [4.69, 9.17) is 5.73 Å². The number of carbonyl (C=O) groups excluding carboxylic acids is 2. The number of amides is 2. The van der Waals surface area contributed by atoms with Gasteiger partial charge in [-0.2, -0.15) is 0 Å². The van der Waals surface area contributed by atoms with Crippen molar-refractivity contribution in [2.24, 2.45) is 5.73 Å². The topological polar surface area (TPSA) is 113 Å². The summed E-state index contributed by atoms with van der Waals surface area (Å²) in [7, 11) is 0. The average molecular weight is 436 g/mol. The van der Waals surface area contributed by atoms with Gasteiger partial charge in [-0.05, 0) is 49.6 Å². The van der Waals surface area contributed by atoms with Crippen molar-refractivity contribution in [3.05, 3.63) is 66.1 Å². The van der Waals surface area contributed by atoms with Crippen LogP contribution in [0.15, 0.2) is 54.9 Å². The smallest absolute Gasteiger partial charge is 0.242 e. The summed E-state index contributed by atoms with van der Waals surface area (Å²) in [5.74, 6) is -0.294. The van der Waals surface area contributed by atoms with E-state index in [1.807, 2.05) is 42.6 Å². The summed E-state index contributed by atoms with van der Waals surface area (Å²) in [5, 5.41) is 7.06. The fourth-order valence-electron chi connectivity index (χ4n) is 3.77. The van der Waals surface area contributed by atoms with Gasteiger partial charge < -0.3 is 21.4 Å². The zero-order valence-electron chi connectivity index (χ0n) is 18.5. The minimum atomic E-state index is -0.649. The summed E-state index contributed by atoms with van der Waals surface area (Å²) in [6.45, 7) is 1.17. The number of aromatic amines is 1. The highest BCUT2D eigenvalue weighted by Crippen LogP contribution is 2.17. The van der Waals surface area contributed by atoms with Crippen molar-refractivity contribution in [1.29, 1.82) is 0 Å². The predicted octanol–water partition coefficient (Wildman–Crippen LogP) is 2.86. The maximum absolute atomic E-state index is 12.9. The predicted molar refractivity (Wildman–Crippen MR) is 127 cm³/mol. The van der Waals surface area contributed by atoms with E-state index in [-0.39, 0.29) is 11.8 Å². The molecule has 3 aromatic rings. The molecule has 2 amide bonds. The Labute approximate surface area is 189 Å². The number of fused-ring (bicyclic) bond motifs is 1. The maximum atomic E-state index is 12.9. The molecule has 3 rings (SSSR count). The van der Waals surface area contributed by atoms with Gasteiger partial charge in [-0.25, -0.2) is 0 Å². The Hall–Kier alpha value is -3.19. The number of nitrogens with two attached hydrogens (primary N) is 1. The van der Waals surface area contributed by atoms with Crippen molar-refractivity contribution >= 4 is 22.7 Å². The first-order chi connectivity index (χ1) is 15.7. The Balaban J connectivity index is 1.54. The lowest BCUT2D eigenvalue weighted by Gasteiger charge is -2.18. The van der Waals surface area contributed by atoms with Crippen molar-refractivity contribution in [3.63, 3.8) is 0 Å². The van der Waals surface area contributed by atoms with Crippen LogP contribution >= 0.6 is 0 Å². The number of aromatic nitrogens is 2. The van der Waals surface area contributed by atoms with Crippen LogP contribution in [-0.2, 0) is 22.4 Å². The average Bonchev–Trinajstić information content (AvgIpc) is 3.22. The SMILES string of the molecule is NCCCCCCC(=O)NC(Cc1ccccn1)C(=O)NCCc1c[nH]c2ccccc12. The number of hydrogen-bond acceptors (Lipinski definition) is 4. The fraction of sp³-hybridized carbons (Fsp3) is 0.400. The second-order valence-corrected chi connectivity index (χ2v) is 8.00. The number of benzene rings is 1. The molecular weight excluding hydrogens is 402 g/mol. The van der Waals surface area contributed by atoms with E-state index in [0.29, 0.717) is 32.4 Å². The van der Waals surface area contributed by atoms with E-state index in [1.54, 1.807) is 6.20 Å². The molecule has 0 bridgehead atoms. The van der Waals surface area contributed by atoms with Gasteiger partial charge in [0.05, 0.1) is 0 Å². The van der Waals surface area contributed by atoms with Crippen LogP contribution in [0.1, 0.15) is 43.4 Å². The first-order valence-electron chi connectivity index (χ1n) is 11.4. The fourth-order valence-corrected chi connectivity index (χ4v) is 3.77. The van der Waals surface area contributed by atoms with E-state index >= 15 is 0 Å². The summed E-state index contributed by atoms with van der Waals surface area (Å²) in [6, 6.07) is 13.0. The summed E-state index contributed by atoms with van der Waals surface area (Å²) < 4.78 is 0. The number of pyridine rings is 1. The number of rotatable bonds is 13. The number of nitrogens with zero attached hydrogens (tertiary/aromatic N) is 1. The van der Waals surface area contributed by atoms with Crippen molar-refractivity contribution in [2.45, 2.75) is 51.0 Å². The summed E-state index contributed by atoms with van der Waals surface area (Å²) in [5.41, 5.74) is 8.52. The standard InChI is InChI=1S/C25H33N5O2/c26-14-7-2-1-3-12-24(31)30-23(17-20-9-6-8-15-27-20)25(32)28-16-13-19-18-29-22-11-5-4-10-21(19)22/h4-6,8-11,15,18,23,29H,1-3,7,12-14,16-17,26H2,(H,28,32)(H,30,31). The molecule has 170 valence electrons. The van der Waals surface area contributed by atoms with E-state index in [1.165, 1.54) is 0 Å². The van der Waals surface area contributed by atoms with Gasteiger partial charge in [-0.3, -0.25) is 14.6 Å². The molecule has 32 heavy (non-hydrogen) atoms. The Bertz CT molecular complexity index is 986. The molecule has 2 aromatic heterocycles. The molecule has 1 unspecified atom stereocenters. The van der Waals surface area contributed by atoms with Crippen LogP contribution in [0.5, 0.6) is 0 Å². The van der Waals surface area contributed by atoms with Gasteiger partial charge in [0.1, 0.15) is 6.04 Å². The first kappa shape index (κ1) is 23.5. The number of hydrogen-bond donors (Lipinski definition) is 4. The second kappa shape index (κ2) is 12.6. The van der Waals surface area contributed by atoms with Crippen LogP contribution in [0.4, 0.5) is 0 Å². The molecule has 0 saturated heterocycles. The Morgan fingerprint density at radius 3 is 2.66 bits per heavy atom. The van der Waals surface area contributed by atoms with Crippen LogP contribution in [-0.4, -0.2) is 40.9 Å². The third-order valence-electron chi connectivity index (χ3n) is 5.52. The van der Waals surface area contributed by atoms with Crippen LogP contribution in [0.2, 0.25) is 0 Å². The zero-order valence-corrected chi connectivity index (χ0v) is 18.5. The van der Waals surface area contributed by atoms with Crippen LogP contribution < -0.4 is 16.4 Å². The maximum Gasteiger partial charge on any atom is 0.242 e. The monoisotopic (exact) mass is 435 g/mol. The van der Waals surface area contributed by atoms with E-state index in [0.717, 1.165) is 47.8 Å². The van der Waals surface area contributed by atoms with Crippen molar-refractivity contribution in [3.8, 4) is 0 Å². The third-order valence-corrected chi connectivity index (χ3v) is 5.52. The lowest BCUT2D eigenvalue weighted by atomic mass is 10.1. The van der Waals surface area contributed by atoms with Crippen molar-refractivity contribution < 1.29 is 9.59 Å². The molecule has 0 aliphatic heterocycles. The quantitative estimate of drug-likeness (QED) is 0.309. The molecule has 7 heteroatoms. The van der Waals surface area contributed by atoms with E-state index in [2.05, 4.69) is 26.7 Å². The molecule has 0 aliphatic rings. The van der Waals surface area contributed by atoms with Crippen molar-refractivity contribution in [1.82, 2.24) is 20.6 Å². The van der Waals surface area contributed by atoms with Gasteiger partial charge in [-0.15, -0.1) is 0 Å². The third kappa shape index (κ3) is 7.20. The van der Waals surface area contributed by atoms with Crippen LogP contribution in [0.3, 0.4) is 0 Å². The molecule has 0 aliphatic carbocycles. The minimum Gasteiger partial charge on any atom is -0.361 e. The highest BCUT2D eigenvalue weighted by Gasteiger charge is 2.21. The molecule has 7 nitrogen and oxygen atoms in total. The van der Waals surface area contributed by atoms with Crippen LogP contribution in [0.25, 0.3) is 10.9 Å². The Morgan fingerprint density at radius 1 is 1.03 bits per heavy atom. The number of nitrogens with one attached hydrogen (secondary N) is 3. The molecule has 0 fully saturated rings. The summed E-state index contributed by atoms with van der Waals surface area (Å²) in [6.07, 6.45) is 8.91. The Kier molecular flexibility index (Phi) is 9.25. The molecular formula is C25H33N5O2. The van der Waals surface area contributed by atoms with Gasteiger partial charge in [-0.1, -0.05) is 37.1 Å². The number of carbonyl (C=O) groups is 2. The lowest BCUT2D eigenvalue weighted by molar-refractivity contribution is -0.129. The van der Waals surface area contributed by atoms with Gasteiger partial charge in [0.25, 0.3) is 0 Å². The van der Waals surface area contributed by atoms with Crippen LogP contribution in [0, 0.1) is 0 Å². The number of para-hydroxylation sites is 1. The molecule has 5 N–H and O–H groups in total. The molecule has 2 heterocycles. The highest BCUT2D eigenvalue weighted by molar-refractivity contribution is 5.88. The van der Waals surface area contributed by atoms with Crippen molar-refractivity contribution in [2.75, 3.05) is 13.1 Å². The first-order valence-corrected chi connectivity index (χ1v) is 11.4. The molecule has 1 atom stereocenters. The molecule has 0 saturated carbocycles. The highest BCUT2D eigenvalue weighted by atomic mass is 16.2. The zero-order chi connectivity index (χ0) is 22.6. The lowest BCUT2D eigenvalue weighted by Crippen LogP contribution is -2.48. The van der Waals surface area contributed by atoms with Gasteiger partial charge in [0.2, 0.25) is 11.8 Å². The largest absolute Gasteiger partial charge is 0.361 e. The molecule has 0 radical (unpaired) electrons. The number of H-pyrrole nitrogens is 1. The van der Waals surface area contributed by atoms with Gasteiger partial charge in [0.15, 0.2) is 0 Å². The van der Waals surface area contributed by atoms with E-state index in [9.17, 15) is 9.59 Å². The van der Waals surface area contributed by atoms with Gasteiger partial charge >= 0.3 is 0 Å². The Morgan fingerprint density at radius 2 is 1.84 bits per heavy atom. The normalized spacial score (nSPS) is 11.9. The summed E-state index contributed by atoms with van der Waals surface area (Å²) in [4.78, 5) is 32.9. The molecule has 0 spiro atoms. The number of unbranched alkanes of at least 4 members (excludes halogenated alkanes) is 3. The minimum absolute atomic E-state index is 0.106. The van der Waals surface area contributed by atoms with Gasteiger partial charge in [0, 0.05) is 48.4 Å². The summed E-state index contributed by atoms with van der Waals surface area (Å²) >= 11 is 0. The second-order valence-electron chi connectivity index (χ2n) is 8.00.